The second-order valence-corrected chi connectivity index (χ2v) is 6.90. The molecule has 0 saturated heterocycles. The number of phenolic OH excluding ortho intramolecular Hbond substituents is 1. The molecule has 1 aliphatic rings. The average Bonchev–Trinajstić information content (AvgIpc) is 2.81. The summed E-state index contributed by atoms with van der Waals surface area (Å²) in [5.41, 5.74) is 2.36. The highest BCUT2D eigenvalue weighted by Gasteiger charge is 2.21. The molecule has 0 atom stereocenters. The number of rotatable bonds is 3. The number of fused-ring (bicyclic) bond motifs is 1. The van der Waals surface area contributed by atoms with E-state index in [1.165, 1.54) is 10.6 Å². The van der Waals surface area contributed by atoms with Gasteiger partial charge in [-0.2, -0.15) is 0 Å². The van der Waals surface area contributed by atoms with Gasteiger partial charge in [-0.3, -0.25) is 4.90 Å². The zero-order valence-electron chi connectivity index (χ0n) is 12.0. The molecule has 3 rings (SSSR count). The summed E-state index contributed by atoms with van der Waals surface area (Å²) in [7, 11) is 0. The molecule has 0 bridgehead atoms. The Morgan fingerprint density at radius 2 is 2.05 bits per heavy atom. The smallest absolute Gasteiger partial charge is 0.123 e. The summed E-state index contributed by atoms with van der Waals surface area (Å²) in [5.74, 6) is 1.01. The van der Waals surface area contributed by atoms with Gasteiger partial charge in [-0.1, -0.05) is 13.8 Å². The molecule has 20 heavy (non-hydrogen) atoms. The minimum Gasteiger partial charge on any atom is -0.508 e. The third-order valence-corrected chi connectivity index (χ3v) is 4.68. The lowest BCUT2D eigenvalue weighted by Gasteiger charge is -2.27. The van der Waals surface area contributed by atoms with Crippen molar-refractivity contribution in [3.63, 3.8) is 0 Å². The Balaban J connectivity index is 1.81. The van der Waals surface area contributed by atoms with Crippen LogP contribution in [0.3, 0.4) is 0 Å². The van der Waals surface area contributed by atoms with Gasteiger partial charge in [-0.15, -0.1) is 11.3 Å². The molecule has 106 valence electrons. The van der Waals surface area contributed by atoms with E-state index in [2.05, 4.69) is 18.7 Å². The molecule has 0 unspecified atom stereocenters. The molecule has 0 fully saturated rings. The third-order valence-electron chi connectivity index (χ3n) is 3.55. The summed E-state index contributed by atoms with van der Waals surface area (Å²) in [4.78, 5) is 8.70. The Morgan fingerprint density at radius 1 is 1.30 bits per heavy atom. The van der Waals surface area contributed by atoms with E-state index in [1.807, 2.05) is 12.1 Å². The third kappa shape index (κ3) is 2.86. The van der Waals surface area contributed by atoms with E-state index in [-0.39, 0.29) is 0 Å². The van der Waals surface area contributed by atoms with Crippen molar-refractivity contribution in [2.75, 3.05) is 13.1 Å². The maximum atomic E-state index is 9.36. The molecule has 0 spiro atoms. The molecule has 0 aliphatic carbocycles. The lowest BCUT2D eigenvalue weighted by Crippen LogP contribution is -2.32. The van der Waals surface area contributed by atoms with Gasteiger partial charge < -0.3 is 5.11 Å². The van der Waals surface area contributed by atoms with Crippen LogP contribution in [0, 0.1) is 5.92 Å². The van der Waals surface area contributed by atoms with Crippen molar-refractivity contribution in [3.8, 4) is 16.3 Å². The Hall–Kier alpha value is -1.39. The van der Waals surface area contributed by atoms with Crippen LogP contribution in [-0.2, 0) is 13.0 Å². The highest BCUT2D eigenvalue weighted by Crippen LogP contribution is 2.32. The summed E-state index contributed by atoms with van der Waals surface area (Å²) < 4.78 is 0. The number of benzene rings is 1. The van der Waals surface area contributed by atoms with Crippen LogP contribution >= 0.6 is 11.3 Å². The summed E-state index contributed by atoms with van der Waals surface area (Å²) in [6.45, 7) is 7.84. The molecule has 1 aliphatic heterocycles. The van der Waals surface area contributed by atoms with Crippen molar-refractivity contribution in [3.05, 3.63) is 34.8 Å². The van der Waals surface area contributed by atoms with E-state index in [1.54, 1.807) is 23.5 Å². The normalized spacial score (nSPS) is 15.6. The monoisotopic (exact) mass is 288 g/mol. The molecule has 3 nitrogen and oxygen atoms in total. The van der Waals surface area contributed by atoms with Gasteiger partial charge in [0.05, 0.1) is 5.69 Å². The molecule has 0 amide bonds. The Labute approximate surface area is 123 Å². The zero-order valence-corrected chi connectivity index (χ0v) is 12.8. The Kier molecular flexibility index (Phi) is 3.76. The first-order chi connectivity index (χ1) is 9.61. The van der Waals surface area contributed by atoms with E-state index in [4.69, 9.17) is 4.98 Å². The van der Waals surface area contributed by atoms with Crippen LogP contribution in [0.5, 0.6) is 5.75 Å². The van der Waals surface area contributed by atoms with Gasteiger partial charge in [-0.25, -0.2) is 4.98 Å². The summed E-state index contributed by atoms with van der Waals surface area (Å²) in [6, 6.07) is 7.32. The zero-order chi connectivity index (χ0) is 14.1. The lowest BCUT2D eigenvalue weighted by atomic mass is 10.1. The van der Waals surface area contributed by atoms with E-state index in [0.29, 0.717) is 11.7 Å². The Morgan fingerprint density at radius 3 is 2.75 bits per heavy atom. The molecule has 0 radical (unpaired) electrons. The minimum atomic E-state index is 0.304. The number of hydrogen-bond acceptors (Lipinski definition) is 4. The summed E-state index contributed by atoms with van der Waals surface area (Å²) in [5, 5.41) is 10.4. The first kappa shape index (κ1) is 13.6. The van der Waals surface area contributed by atoms with Crippen molar-refractivity contribution < 1.29 is 5.11 Å². The number of aromatic hydroxyl groups is 1. The highest BCUT2D eigenvalue weighted by atomic mass is 32.1. The van der Waals surface area contributed by atoms with Crippen LogP contribution in [0.1, 0.15) is 24.4 Å². The molecule has 2 aromatic rings. The van der Waals surface area contributed by atoms with E-state index in [9.17, 15) is 5.11 Å². The van der Waals surface area contributed by atoms with Crippen LogP contribution in [0.15, 0.2) is 24.3 Å². The first-order valence-electron chi connectivity index (χ1n) is 7.12. The standard InChI is InChI=1S/C16H20N2OS/c1-11(2)9-18-8-7-14-15(10-18)20-16(17-14)12-3-5-13(19)6-4-12/h3-6,11,19H,7-10H2,1-2H3. The van der Waals surface area contributed by atoms with Gasteiger partial charge in [0, 0.05) is 36.5 Å². The average molecular weight is 288 g/mol. The summed E-state index contributed by atoms with van der Waals surface area (Å²) in [6.07, 6.45) is 1.05. The van der Waals surface area contributed by atoms with Crippen LogP contribution in [0.4, 0.5) is 0 Å². The first-order valence-corrected chi connectivity index (χ1v) is 7.94. The number of nitrogens with zero attached hydrogens (tertiary/aromatic N) is 2. The van der Waals surface area contributed by atoms with Crippen molar-refractivity contribution in [1.82, 2.24) is 9.88 Å². The second kappa shape index (κ2) is 5.54. The molecule has 1 aromatic carbocycles. The molecular weight excluding hydrogens is 268 g/mol. The fourth-order valence-corrected chi connectivity index (χ4v) is 3.80. The topological polar surface area (TPSA) is 36.4 Å². The lowest BCUT2D eigenvalue weighted by molar-refractivity contribution is 0.228. The predicted molar refractivity (Wildman–Crippen MR) is 83.0 cm³/mol. The maximum Gasteiger partial charge on any atom is 0.123 e. The summed E-state index contributed by atoms with van der Waals surface area (Å²) >= 11 is 1.79. The maximum absolute atomic E-state index is 9.36. The van der Waals surface area contributed by atoms with E-state index < -0.39 is 0 Å². The Bertz CT molecular complexity index is 589. The van der Waals surface area contributed by atoms with Gasteiger partial charge in [-0.05, 0) is 30.2 Å². The van der Waals surface area contributed by atoms with Gasteiger partial charge in [0.15, 0.2) is 0 Å². The molecular formula is C16H20N2OS. The van der Waals surface area contributed by atoms with Crippen molar-refractivity contribution in [2.45, 2.75) is 26.8 Å². The van der Waals surface area contributed by atoms with Crippen molar-refractivity contribution in [2.24, 2.45) is 5.92 Å². The highest BCUT2D eigenvalue weighted by molar-refractivity contribution is 7.15. The minimum absolute atomic E-state index is 0.304. The number of aromatic nitrogens is 1. The van der Waals surface area contributed by atoms with E-state index in [0.717, 1.165) is 36.6 Å². The van der Waals surface area contributed by atoms with Crippen molar-refractivity contribution >= 4 is 11.3 Å². The quantitative estimate of drug-likeness (QED) is 0.938. The number of hydrogen-bond donors (Lipinski definition) is 1. The van der Waals surface area contributed by atoms with Gasteiger partial charge in [0.1, 0.15) is 10.8 Å². The van der Waals surface area contributed by atoms with Crippen LogP contribution in [0.2, 0.25) is 0 Å². The number of phenols is 1. The van der Waals surface area contributed by atoms with Crippen LogP contribution < -0.4 is 0 Å². The van der Waals surface area contributed by atoms with Crippen LogP contribution in [0.25, 0.3) is 10.6 Å². The molecule has 1 aromatic heterocycles. The van der Waals surface area contributed by atoms with Crippen LogP contribution in [-0.4, -0.2) is 28.1 Å². The molecule has 4 heteroatoms. The fourth-order valence-electron chi connectivity index (χ4n) is 2.65. The number of thiazole rings is 1. The second-order valence-electron chi connectivity index (χ2n) is 5.81. The SMILES string of the molecule is CC(C)CN1CCc2nc(-c3ccc(O)cc3)sc2C1. The van der Waals surface area contributed by atoms with Gasteiger partial charge in [0.2, 0.25) is 0 Å². The fraction of sp³-hybridized carbons (Fsp3) is 0.438. The molecule has 1 N–H and O–H groups in total. The molecule has 0 saturated carbocycles. The molecule has 2 heterocycles. The predicted octanol–water partition coefficient (Wildman–Crippen LogP) is 3.53. The van der Waals surface area contributed by atoms with E-state index >= 15 is 0 Å². The van der Waals surface area contributed by atoms with Gasteiger partial charge in [0.25, 0.3) is 0 Å². The largest absolute Gasteiger partial charge is 0.508 e. The van der Waals surface area contributed by atoms with Gasteiger partial charge >= 0.3 is 0 Å². The van der Waals surface area contributed by atoms with Crippen molar-refractivity contribution in [1.29, 1.82) is 0 Å².